The molecule has 0 nitrogen and oxygen atoms in total. The summed E-state index contributed by atoms with van der Waals surface area (Å²) in [6, 6.07) is 0. The Kier molecular flexibility index (Phi) is 3.83. The Morgan fingerprint density at radius 2 is 1.56 bits per heavy atom. The van der Waals surface area contributed by atoms with Crippen LogP contribution in [0.3, 0.4) is 0 Å². The van der Waals surface area contributed by atoms with Crippen molar-refractivity contribution >= 4 is 0 Å². The summed E-state index contributed by atoms with van der Waals surface area (Å²) in [6.45, 7) is 7.99. The number of hydrogen-bond donors (Lipinski definition) is 0. The molecule has 0 bridgehead atoms. The van der Waals surface area contributed by atoms with Crippen LogP contribution < -0.4 is 0 Å². The Hall–Kier alpha value is -0.0700. The van der Waals surface area contributed by atoms with Crippen LogP contribution in [0.1, 0.15) is 34.1 Å². The lowest BCUT2D eigenvalue weighted by atomic mass is 9.93. The average molecular weight is 132 g/mol. The predicted molar refractivity (Wildman–Crippen MR) is 39.2 cm³/mol. The van der Waals surface area contributed by atoms with Gasteiger partial charge in [-0.05, 0) is 25.2 Å². The van der Waals surface area contributed by atoms with Gasteiger partial charge in [0.05, 0.1) is 6.17 Å². The summed E-state index contributed by atoms with van der Waals surface area (Å²) in [6.07, 6.45) is 0.0694. The lowest BCUT2D eigenvalue weighted by Crippen LogP contribution is -2.08. The molecule has 1 heteroatoms. The predicted octanol–water partition coefficient (Wildman–Crippen LogP) is 3.03. The molecule has 0 heterocycles. The van der Waals surface area contributed by atoms with E-state index in [9.17, 15) is 4.39 Å². The van der Waals surface area contributed by atoms with E-state index < -0.39 is 6.17 Å². The fraction of sp³-hybridized carbons (Fsp3) is 1.00. The minimum atomic E-state index is -0.637. The molecule has 0 aliphatic heterocycles. The molecule has 2 atom stereocenters. The van der Waals surface area contributed by atoms with Gasteiger partial charge in [-0.15, -0.1) is 0 Å². The van der Waals surface area contributed by atoms with E-state index in [1.807, 2.05) is 0 Å². The molecule has 0 N–H and O–H groups in total. The van der Waals surface area contributed by atoms with Gasteiger partial charge in [0.2, 0.25) is 0 Å². The van der Waals surface area contributed by atoms with Crippen molar-refractivity contribution in [1.82, 2.24) is 0 Å². The van der Waals surface area contributed by atoms with Crippen molar-refractivity contribution in [3.63, 3.8) is 0 Å². The Morgan fingerprint density at radius 3 is 1.67 bits per heavy atom. The summed E-state index contributed by atoms with van der Waals surface area (Å²) in [5.41, 5.74) is 0. The van der Waals surface area contributed by atoms with E-state index in [-0.39, 0.29) is 0 Å². The first kappa shape index (κ1) is 8.93. The van der Waals surface area contributed by atoms with Gasteiger partial charge in [-0.2, -0.15) is 0 Å². The van der Waals surface area contributed by atoms with Crippen molar-refractivity contribution in [3.8, 4) is 0 Å². The van der Waals surface area contributed by atoms with Crippen LogP contribution in [0.15, 0.2) is 0 Å². The van der Waals surface area contributed by atoms with Crippen LogP contribution in [0.25, 0.3) is 0 Å². The zero-order valence-electron chi connectivity index (χ0n) is 6.82. The second kappa shape index (κ2) is 3.86. The van der Waals surface area contributed by atoms with Gasteiger partial charge in [0.1, 0.15) is 0 Å². The van der Waals surface area contributed by atoms with E-state index in [0.717, 1.165) is 0 Å². The van der Waals surface area contributed by atoms with Crippen LogP contribution in [-0.4, -0.2) is 6.17 Å². The first-order valence-electron chi connectivity index (χ1n) is 3.68. The lowest BCUT2D eigenvalue weighted by Gasteiger charge is -2.15. The second-order valence-electron chi connectivity index (χ2n) is 3.24. The molecule has 0 radical (unpaired) electrons. The van der Waals surface area contributed by atoms with Crippen LogP contribution in [0, 0.1) is 11.8 Å². The molecule has 56 valence electrons. The third kappa shape index (κ3) is 4.43. The summed E-state index contributed by atoms with van der Waals surface area (Å²) in [5, 5.41) is 0. The average Bonchev–Trinajstić information content (AvgIpc) is 1.63. The van der Waals surface area contributed by atoms with Gasteiger partial charge in [0, 0.05) is 0 Å². The van der Waals surface area contributed by atoms with E-state index in [0.29, 0.717) is 18.3 Å². The number of halogens is 1. The highest BCUT2D eigenvalue weighted by molar-refractivity contribution is 4.60. The summed E-state index contributed by atoms with van der Waals surface area (Å²) in [5.74, 6) is 1.13. The minimum Gasteiger partial charge on any atom is -0.248 e. The maximum Gasteiger partial charge on any atom is 0.0976 e. The zero-order chi connectivity index (χ0) is 7.44. The topological polar surface area (TPSA) is 0 Å². The highest BCUT2D eigenvalue weighted by atomic mass is 19.1. The monoisotopic (exact) mass is 132 g/mol. The molecule has 0 saturated heterocycles. The normalized spacial score (nSPS) is 18.0. The SMILES string of the molecule is CC(C)C(C)C[C@H](C)F. The molecule has 1 unspecified atom stereocenters. The quantitative estimate of drug-likeness (QED) is 0.553. The van der Waals surface area contributed by atoms with E-state index in [2.05, 4.69) is 20.8 Å². The van der Waals surface area contributed by atoms with E-state index in [1.165, 1.54) is 0 Å². The smallest absolute Gasteiger partial charge is 0.0976 e. The molecule has 0 saturated carbocycles. The largest absolute Gasteiger partial charge is 0.248 e. The van der Waals surface area contributed by atoms with E-state index in [1.54, 1.807) is 6.92 Å². The Bertz CT molecular complexity index is 67.0. The van der Waals surface area contributed by atoms with Gasteiger partial charge < -0.3 is 0 Å². The highest BCUT2D eigenvalue weighted by Gasteiger charge is 2.10. The van der Waals surface area contributed by atoms with Crippen LogP contribution in [0.2, 0.25) is 0 Å². The zero-order valence-corrected chi connectivity index (χ0v) is 6.82. The van der Waals surface area contributed by atoms with Crippen molar-refractivity contribution in [2.75, 3.05) is 0 Å². The highest BCUT2D eigenvalue weighted by Crippen LogP contribution is 2.16. The molecule has 0 amide bonds. The van der Waals surface area contributed by atoms with Crippen LogP contribution in [0.5, 0.6) is 0 Å². The van der Waals surface area contributed by atoms with Gasteiger partial charge >= 0.3 is 0 Å². The second-order valence-corrected chi connectivity index (χ2v) is 3.24. The number of alkyl halides is 1. The molecule has 0 spiro atoms. The van der Waals surface area contributed by atoms with Crippen molar-refractivity contribution in [1.29, 1.82) is 0 Å². The fourth-order valence-electron chi connectivity index (χ4n) is 0.784. The maximum absolute atomic E-state index is 12.3. The summed E-state index contributed by atoms with van der Waals surface area (Å²) in [7, 11) is 0. The summed E-state index contributed by atoms with van der Waals surface area (Å²) >= 11 is 0. The molecule has 0 aliphatic rings. The minimum absolute atomic E-state index is 0.519. The van der Waals surface area contributed by atoms with Crippen LogP contribution in [0.4, 0.5) is 4.39 Å². The Morgan fingerprint density at radius 1 is 1.11 bits per heavy atom. The lowest BCUT2D eigenvalue weighted by molar-refractivity contribution is 0.262. The Balaban J connectivity index is 3.38. The molecular formula is C8H17F. The molecule has 0 rings (SSSR count). The van der Waals surface area contributed by atoms with E-state index >= 15 is 0 Å². The molecule has 0 aromatic heterocycles. The standard InChI is InChI=1S/C8H17F/c1-6(2)7(3)5-8(4)9/h6-8H,5H2,1-4H3/t7?,8-/m0/s1. The van der Waals surface area contributed by atoms with Crippen molar-refractivity contribution in [3.05, 3.63) is 0 Å². The first-order chi connectivity index (χ1) is 4.04. The van der Waals surface area contributed by atoms with Crippen LogP contribution >= 0.6 is 0 Å². The summed E-state index contributed by atoms with van der Waals surface area (Å²) < 4.78 is 12.3. The van der Waals surface area contributed by atoms with E-state index in [4.69, 9.17) is 0 Å². The van der Waals surface area contributed by atoms with Crippen molar-refractivity contribution < 1.29 is 4.39 Å². The van der Waals surface area contributed by atoms with Gasteiger partial charge in [0.15, 0.2) is 0 Å². The third-order valence-electron chi connectivity index (χ3n) is 1.83. The number of rotatable bonds is 3. The van der Waals surface area contributed by atoms with Crippen molar-refractivity contribution in [2.24, 2.45) is 11.8 Å². The molecular weight excluding hydrogens is 115 g/mol. The first-order valence-corrected chi connectivity index (χ1v) is 3.68. The fourth-order valence-corrected chi connectivity index (χ4v) is 0.784. The van der Waals surface area contributed by atoms with Gasteiger partial charge in [0.25, 0.3) is 0 Å². The number of hydrogen-bond acceptors (Lipinski definition) is 0. The molecule has 0 aliphatic carbocycles. The third-order valence-corrected chi connectivity index (χ3v) is 1.83. The van der Waals surface area contributed by atoms with Crippen LogP contribution in [-0.2, 0) is 0 Å². The van der Waals surface area contributed by atoms with Gasteiger partial charge in [-0.1, -0.05) is 20.8 Å². The summed E-state index contributed by atoms with van der Waals surface area (Å²) in [4.78, 5) is 0. The molecule has 9 heavy (non-hydrogen) atoms. The molecule has 0 fully saturated rings. The van der Waals surface area contributed by atoms with Gasteiger partial charge in [-0.25, -0.2) is 4.39 Å². The maximum atomic E-state index is 12.3. The molecule has 0 aromatic rings. The van der Waals surface area contributed by atoms with Gasteiger partial charge in [-0.3, -0.25) is 0 Å². The van der Waals surface area contributed by atoms with Crippen molar-refractivity contribution in [2.45, 2.75) is 40.3 Å². The molecule has 0 aromatic carbocycles. The Labute approximate surface area is 57.5 Å².